The van der Waals surface area contributed by atoms with Gasteiger partial charge in [-0.3, -0.25) is 4.98 Å². The molecule has 0 amide bonds. The summed E-state index contributed by atoms with van der Waals surface area (Å²) in [5.41, 5.74) is 0.896. The van der Waals surface area contributed by atoms with Gasteiger partial charge in [0.2, 0.25) is 0 Å². The maximum atomic E-state index is 9.97. The van der Waals surface area contributed by atoms with Gasteiger partial charge in [0.15, 0.2) is 0 Å². The Kier molecular flexibility index (Phi) is 4.72. The summed E-state index contributed by atoms with van der Waals surface area (Å²) >= 11 is 0. The number of aliphatic hydroxyl groups excluding tert-OH is 1. The molecule has 1 N–H and O–H groups in total. The third-order valence-electron chi connectivity index (χ3n) is 2.45. The minimum absolute atomic E-state index is 0.132. The van der Waals surface area contributed by atoms with Gasteiger partial charge in [-0.15, -0.1) is 0 Å². The molecule has 0 bridgehead atoms. The van der Waals surface area contributed by atoms with Gasteiger partial charge in [-0.2, -0.15) is 0 Å². The van der Waals surface area contributed by atoms with E-state index in [2.05, 4.69) is 4.98 Å². The quantitative estimate of drug-likeness (QED) is 0.802. The zero-order chi connectivity index (χ0) is 11.3. The summed E-state index contributed by atoms with van der Waals surface area (Å²) in [7, 11) is 1.63. The smallest absolute Gasteiger partial charge is 0.0859 e. The molecule has 1 heterocycles. The minimum Gasteiger partial charge on any atom is -0.390 e. The van der Waals surface area contributed by atoms with Crippen molar-refractivity contribution < 1.29 is 9.84 Å². The number of aliphatic hydroxyl groups is 1. The second-order valence-electron chi connectivity index (χ2n) is 4.04. The fraction of sp³-hybridized carbons (Fsp3) is 0.583. The van der Waals surface area contributed by atoms with Gasteiger partial charge in [0, 0.05) is 25.4 Å². The van der Waals surface area contributed by atoms with E-state index >= 15 is 0 Å². The van der Waals surface area contributed by atoms with Crippen molar-refractivity contribution in [1.29, 1.82) is 0 Å². The van der Waals surface area contributed by atoms with E-state index < -0.39 is 6.10 Å². The summed E-state index contributed by atoms with van der Waals surface area (Å²) in [6, 6.07) is 5.70. The largest absolute Gasteiger partial charge is 0.390 e. The van der Waals surface area contributed by atoms with Crippen molar-refractivity contribution in [2.24, 2.45) is 5.92 Å². The molecule has 0 aromatic carbocycles. The third-order valence-corrected chi connectivity index (χ3v) is 2.45. The topological polar surface area (TPSA) is 42.4 Å². The van der Waals surface area contributed by atoms with Crippen molar-refractivity contribution in [2.45, 2.75) is 32.5 Å². The first-order valence-corrected chi connectivity index (χ1v) is 5.26. The summed E-state index contributed by atoms with van der Waals surface area (Å²) in [5.74, 6) is 0.300. The van der Waals surface area contributed by atoms with Crippen LogP contribution >= 0.6 is 0 Å². The SMILES string of the molecule is COC(C(C)C)C(O)Cc1ccccn1. The standard InChI is InChI=1S/C12H19NO2/c1-9(2)12(15-3)11(14)8-10-6-4-5-7-13-10/h4-7,9,11-12,14H,8H2,1-3H3. The molecule has 84 valence electrons. The highest BCUT2D eigenvalue weighted by molar-refractivity contribution is 5.05. The van der Waals surface area contributed by atoms with E-state index in [1.54, 1.807) is 13.3 Å². The lowest BCUT2D eigenvalue weighted by Crippen LogP contribution is -2.34. The second-order valence-corrected chi connectivity index (χ2v) is 4.04. The van der Waals surface area contributed by atoms with Crippen LogP contribution in [0.3, 0.4) is 0 Å². The van der Waals surface area contributed by atoms with E-state index in [1.165, 1.54) is 0 Å². The maximum absolute atomic E-state index is 9.97. The molecular formula is C12H19NO2. The van der Waals surface area contributed by atoms with E-state index in [0.717, 1.165) is 5.69 Å². The van der Waals surface area contributed by atoms with Gasteiger partial charge >= 0.3 is 0 Å². The van der Waals surface area contributed by atoms with Crippen molar-refractivity contribution in [1.82, 2.24) is 4.98 Å². The van der Waals surface area contributed by atoms with Crippen LogP contribution in [-0.2, 0) is 11.2 Å². The van der Waals surface area contributed by atoms with E-state index in [1.807, 2.05) is 32.0 Å². The number of nitrogens with zero attached hydrogens (tertiary/aromatic N) is 1. The average Bonchev–Trinajstić information content (AvgIpc) is 2.19. The number of hydrogen-bond acceptors (Lipinski definition) is 3. The average molecular weight is 209 g/mol. The van der Waals surface area contributed by atoms with Gasteiger partial charge < -0.3 is 9.84 Å². The van der Waals surface area contributed by atoms with Gasteiger partial charge in [-0.1, -0.05) is 19.9 Å². The molecule has 1 aromatic rings. The Morgan fingerprint density at radius 3 is 2.60 bits per heavy atom. The van der Waals surface area contributed by atoms with Gasteiger partial charge in [0.05, 0.1) is 12.2 Å². The number of aromatic nitrogens is 1. The van der Waals surface area contributed by atoms with E-state index in [4.69, 9.17) is 4.74 Å². The number of rotatable bonds is 5. The number of pyridine rings is 1. The first-order chi connectivity index (χ1) is 7.15. The summed E-state index contributed by atoms with van der Waals surface area (Å²) in [4.78, 5) is 4.18. The predicted octanol–water partition coefficient (Wildman–Crippen LogP) is 1.66. The summed E-state index contributed by atoms with van der Waals surface area (Å²) in [6.45, 7) is 4.08. The first-order valence-electron chi connectivity index (χ1n) is 5.26. The molecule has 3 heteroatoms. The summed E-state index contributed by atoms with van der Waals surface area (Å²) < 4.78 is 5.27. The molecule has 0 aliphatic rings. The number of ether oxygens (including phenoxy) is 1. The normalized spacial score (nSPS) is 15.3. The predicted molar refractivity (Wildman–Crippen MR) is 59.6 cm³/mol. The molecule has 0 saturated carbocycles. The number of hydrogen-bond donors (Lipinski definition) is 1. The highest BCUT2D eigenvalue weighted by Gasteiger charge is 2.22. The van der Waals surface area contributed by atoms with E-state index in [0.29, 0.717) is 12.3 Å². The van der Waals surface area contributed by atoms with Crippen LogP contribution in [0, 0.1) is 5.92 Å². The monoisotopic (exact) mass is 209 g/mol. The van der Waals surface area contributed by atoms with Crippen LogP contribution in [0.5, 0.6) is 0 Å². The first kappa shape index (κ1) is 12.1. The Bertz CT molecular complexity index is 274. The molecule has 3 nitrogen and oxygen atoms in total. The Morgan fingerprint density at radius 1 is 1.40 bits per heavy atom. The molecule has 1 rings (SSSR count). The molecular weight excluding hydrogens is 190 g/mol. The fourth-order valence-electron chi connectivity index (χ4n) is 1.72. The number of methoxy groups -OCH3 is 1. The molecule has 0 aliphatic heterocycles. The molecule has 0 aliphatic carbocycles. The van der Waals surface area contributed by atoms with Crippen LogP contribution in [0.1, 0.15) is 19.5 Å². The zero-order valence-electron chi connectivity index (χ0n) is 9.55. The zero-order valence-corrected chi connectivity index (χ0v) is 9.55. The lowest BCUT2D eigenvalue weighted by atomic mass is 9.98. The van der Waals surface area contributed by atoms with Crippen LogP contribution in [0.4, 0.5) is 0 Å². The Balaban J connectivity index is 2.58. The Hall–Kier alpha value is -0.930. The van der Waals surface area contributed by atoms with E-state index in [-0.39, 0.29) is 6.10 Å². The van der Waals surface area contributed by atoms with E-state index in [9.17, 15) is 5.11 Å². The summed E-state index contributed by atoms with van der Waals surface area (Å²) in [6.07, 6.45) is 1.65. The van der Waals surface area contributed by atoms with Gasteiger partial charge in [0.25, 0.3) is 0 Å². The van der Waals surface area contributed by atoms with Crippen molar-refractivity contribution in [2.75, 3.05) is 7.11 Å². The molecule has 0 fully saturated rings. The molecule has 2 atom stereocenters. The van der Waals surface area contributed by atoms with Crippen LogP contribution in [0.2, 0.25) is 0 Å². The molecule has 0 radical (unpaired) electrons. The summed E-state index contributed by atoms with van der Waals surface area (Å²) in [5, 5.41) is 9.97. The lowest BCUT2D eigenvalue weighted by molar-refractivity contribution is -0.0371. The van der Waals surface area contributed by atoms with Crippen molar-refractivity contribution in [3.05, 3.63) is 30.1 Å². The molecule has 15 heavy (non-hydrogen) atoms. The van der Waals surface area contributed by atoms with Crippen molar-refractivity contribution in [3.63, 3.8) is 0 Å². The molecule has 2 unspecified atom stereocenters. The van der Waals surface area contributed by atoms with Gasteiger partial charge in [0.1, 0.15) is 0 Å². The minimum atomic E-state index is -0.495. The molecule has 0 spiro atoms. The van der Waals surface area contributed by atoms with Crippen molar-refractivity contribution >= 4 is 0 Å². The van der Waals surface area contributed by atoms with Crippen LogP contribution in [0.15, 0.2) is 24.4 Å². The maximum Gasteiger partial charge on any atom is 0.0859 e. The van der Waals surface area contributed by atoms with Crippen LogP contribution < -0.4 is 0 Å². The Labute approximate surface area is 91.1 Å². The highest BCUT2D eigenvalue weighted by atomic mass is 16.5. The lowest BCUT2D eigenvalue weighted by Gasteiger charge is -2.24. The second kappa shape index (κ2) is 5.83. The highest BCUT2D eigenvalue weighted by Crippen LogP contribution is 2.13. The van der Waals surface area contributed by atoms with Gasteiger partial charge in [-0.05, 0) is 18.1 Å². The van der Waals surface area contributed by atoms with Crippen LogP contribution in [-0.4, -0.2) is 29.4 Å². The van der Waals surface area contributed by atoms with Crippen LogP contribution in [0.25, 0.3) is 0 Å². The molecule has 1 aromatic heterocycles. The fourth-order valence-corrected chi connectivity index (χ4v) is 1.72. The Morgan fingerprint density at radius 2 is 2.13 bits per heavy atom. The van der Waals surface area contributed by atoms with Crippen molar-refractivity contribution in [3.8, 4) is 0 Å². The molecule has 0 saturated heterocycles. The third kappa shape index (κ3) is 3.61. The van der Waals surface area contributed by atoms with Gasteiger partial charge in [-0.25, -0.2) is 0 Å².